The number of likely N-dealkylation sites (tertiary alicyclic amines) is 1. The largest absolute Gasteiger partial charge is 0.586 e. The molecular weight excluding hydrogens is 651 g/mol. The van der Waals surface area contributed by atoms with Gasteiger partial charge >= 0.3 is 12.7 Å². The Morgan fingerprint density at radius 1 is 0.958 bits per heavy atom. The first kappa shape index (κ1) is 32.5. The van der Waals surface area contributed by atoms with Gasteiger partial charge in [-0.25, -0.2) is 0 Å². The van der Waals surface area contributed by atoms with Crippen molar-refractivity contribution in [2.45, 2.75) is 81.5 Å². The number of hydrogen-bond donors (Lipinski definition) is 3. The molecule has 1 saturated heterocycles. The van der Waals surface area contributed by atoms with Crippen LogP contribution in [-0.4, -0.2) is 77.6 Å². The van der Waals surface area contributed by atoms with E-state index in [0.717, 1.165) is 12.1 Å². The molecule has 2 aromatic rings. The molecular formula is C32H33F5N2O9. The molecule has 11 nitrogen and oxygen atoms in total. The van der Waals surface area contributed by atoms with Crippen molar-refractivity contribution < 1.29 is 65.4 Å². The number of fused-ring (bicyclic) bond motifs is 3. The molecule has 0 radical (unpaired) electrons. The van der Waals surface area contributed by atoms with Gasteiger partial charge in [-0.05, 0) is 56.7 Å². The summed E-state index contributed by atoms with van der Waals surface area (Å²) in [5.41, 5.74) is -0.607. The Labute approximate surface area is 270 Å². The molecule has 260 valence electrons. The summed E-state index contributed by atoms with van der Waals surface area (Å²) in [5, 5.41) is 22.7. The molecule has 1 aliphatic carbocycles. The predicted molar refractivity (Wildman–Crippen MR) is 153 cm³/mol. The summed E-state index contributed by atoms with van der Waals surface area (Å²) >= 11 is 0. The van der Waals surface area contributed by atoms with Gasteiger partial charge in [0, 0.05) is 48.7 Å². The van der Waals surface area contributed by atoms with Gasteiger partial charge in [0.15, 0.2) is 11.5 Å². The van der Waals surface area contributed by atoms with Gasteiger partial charge in [0.25, 0.3) is 0 Å². The molecule has 0 bridgehead atoms. The van der Waals surface area contributed by atoms with E-state index in [4.69, 9.17) is 9.47 Å². The van der Waals surface area contributed by atoms with Gasteiger partial charge in [0.1, 0.15) is 35.4 Å². The van der Waals surface area contributed by atoms with E-state index in [9.17, 15) is 41.8 Å². The zero-order valence-corrected chi connectivity index (χ0v) is 25.6. The molecule has 0 unspecified atom stereocenters. The minimum atomic E-state index is -4.94. The Balaban J connectivity index is 1.10. The maximum absolute atomic E-state index is 14.0. The van der Waals surface area contributed by atoms with Gasteiger partial charge in [-0.3, -0.25) is 9.59 Å². The molecule has 0 spiro atoms. The Kier molecular flexibility index (Phi) is 7.81. The van der Waals surface area contributed by atoms with E-state index < -0.39 is 54.1 Å². The lowest BCUT2D eigenvalue weighted by Gasteiger charge is -2.40. The van der Waals surface area contributed by atoms with E-state index >= 15 is 0 Å². The fourth-order valence-corrected chi connectivity index (χ4v) is 7.38. The van der Waals surface area contributed by atoms with Gasteiger partial charge in [-0.15, -0.1) is 22.0 Å². The maximum atomic E-state index is 14.0. The van der Waals surface area contributed by atoms with Crippen LogP contribution in [0.1, 0.15) is 56.2 Å². The third-order valence-electron chi connectivity index (χ3n) is 9.98. The summed E-state index contributed by atoms with van der Waals surface area (Å²) in [7, 11) is 0. The average molecular weight is 685 g/mol. The second kappa shape index (κ2) is 11.5. The summed E-state index contributed by atoms with van der Waals surface area (Å²) in [5.74, 6) is -1.75. The lowest BCUT2D eigenvalue weighted by atomic mass is 9.76. The Morgan fingerprint density at radius 2 is 1.62 bits per heavy atom. The molecule has 2 aromatic carbocycles. The van der Waals surface area contributed by atoms with Crippen molar-refractivity contribution in [3.8, 4) is 28.7 Å². The minimum Gasteiger partial charge on any atom is -0.492 e. The second-order valence-corrected chi connectivity index (χ2v) is 13.2. The standard InChI is InChI=1S/C32H33F5N2O9/c1-30(14-44-25-11-27-26(9-19(25)30)47-32(36,37)48-27)29(43)38-20-10-23(45-24-8-17(6-7-18(20)24)46-31(33,34)35)15-2-4-16(5-3-15)28(42)39-12-21(40)22(41)13-39/h6-9,11,15-16,20-23,40-41H,2-5,10,12-14H2,1H3,(H,38,43)/t15?,16?,20-,21+,22+,23-,30+/m1/s1. The van der Waals surface area contributed by atoms with Gasteiger partial charge in [0.2, 0.25) is 11.8 Å². The molecule has 16 heteroatoms. The second-order valence-electron chi connectivity index (χ2n) is 13.2. The van der Waals surface area contributed by atoms with Gasteiger partial charge in [-0.1, -0.05) is 0 Å². The van der Waals surface area contributed by atoms with Gasteiger partial charge in [0.05, 0.1) is 18.2 Å². The van der Waals surface area contributed by atoms with E-state index in [1.165, 1.54) is 23.1 Å². The normalized spacial score (nSPS) is 31.7. The highest BCUT2D eigenvalue weighted by Gasteiger charge is 2.50. The van der Waals surface area contributed by atoms with Crippen molar-refractivity contribution >= 4 is 11.8 Å². The first-order valence-corrected chi connectivity index (χ1v) is 15.7. The Morgan fingerprint density at radius 3 is 2.29 bits per heavy atom. The fourth-order valence-electron chi connectivity index (χ4n) is 7.38. The Hall–Kier alpha value is -4.05. The van der Waals surface area contributed by atoms with Crippen LogP contribution < -0.4 is 29.0 Å². The lowest BCUT2D eigenvalue weighted by Crippen LogP contribution is -2.47. The number of hydrogen-bond acceptors (Lipinski definition) is 9. The molecule has 7 rings (SSSR count). The van der Waals surface area contributed by atoms with Gasteiger partial charge in [-0.2, -0.15) is 0 Å². The third-order valence-corrected chi connectivity index (χ3v) is 9.98. The monoisotopic (exact) mass is 684 g/mol. The molecule has 4 aliphatic heterocycles. The molecule has 0 aromatic heterocycles. The molecule has 5 atom stereocenters. The Bertz CT molecular complexity index is 1600. The van der Waals surface area contributed by atoms with E-state index in [2.05, 4.69) is 19.5 Å². The number of nitrogens with zero attached hydrogens (tertiary/aromatic N) is 1. The number of amides is 2. The van der Waals surface area contributed by atoms with E-state index in [0.29, 0.717) is 36.8 Å². The quantitative estimate of drug-likeness (QED) is 0.401. The number of aliphatic hydroxyl groups excluding tert-OH is 2. The zero-order valence-electron chi connectivity index (χ0n) is 25.6. The maximum Gasteiger partial charge on any atom is 0.586 e. The zero-order chi connectivity index (χ0) is 34.2. The van der Waals surface area contributed by atoms with Crippen LogP contribution in [0.4, 0.5) is 22.0 Å². The summed E-state index contributed by atoms with van der Waals surface area (Å²) in [6.45, 7) is 1.60. The van der Waals surface area contributed by atoms with E-state index in [1.54, 1.807) is 6.92 Å². The molecule has 1 saturated carbocycles. The highest BCUT2D eigenvalue weighted by atomic mass is 19.4. The van der Waals surface area contributed by atoms with Crippen molar-refractivity contribution in [3.63, 3.8) is 0 Å². The van der Waals surface area contributed by atoms with Crippen LogP contribution in [-0.2, 0) is 15.0 Å². The average Bonchev–Trinajstić information content (AvgIpc) is 3.64. The minimum absolute atomic E-state index is 0.0658. The number of rotatable bonds is 5. The number of nitrogens with one attached hydrogen (secondary N) is 1. The predicted octanol–water partition coefficient (Wildman–Crippen LogP) is 3.94. The van der Waals surface area contributed by atoms with Crippen LogP contribution in [0.2, 0.25) is 0 Å². The van der Waals surface area contributed by atoms with Crippen molar-refractivity contribution in [1.82, 2.24) is 10.2 Å². The van der Waals surface area contributed by atoms with Crippen molar-refractivity contribution in [2.75, 3.05) is 19.7 Å². The topological polar surface area (TPSA) is 136 Å². The van der Waals surface area contributed by atoms with Crippen LogP contribution in [0, 0.1) is 11.8 Å². The molecule has 4 heterocycles. The van der Waals surface area contributed by atoms with Crippen LogP contribution >= 0.6 is 0 Å². The first-order chi connectivity index (χ1) is 22.6. The number of carbonyl (C=O) groups is 2. The summed E-state index contributed by atoms with van der Waals surface area (Å²) in [4.78, 5) is 28.5. The summed E-state index contributed by atoms with van der Waals surface area (Å²) in [6, 6.07) is 5.47. The van der Waals surface area contributed by atoms with Crippen LogP contribution in [0.25, 0.3) is 0 Å². The number of ether oxygens (including phenoxy) is 5. The highest BCUT2D eigenvalue weighted by Crippen LogP contribution is 2.50. The fraction of sp³-hybridized carbons (Fsp3) is 0.562. The number of carbonyl (C=O) groups excluding carboxylic acids is 2. The van der Waals surface area contributed by atoms with E-state index in [1.807, 2.05) is 0 Å². The van der Waals surface area contributed by atoms with E-state index in [-0.39, 0.29) is 66.9 Å². The van der Waals surface area contributed by atoms with Gasteiger partial charge < -0.3 is 44.1 Å². The summed E-state index contributed by atoms with van der Waals surface area (Å²) in [6.07, 6.45) is -8.91. The molecule has 5 aliphatic rings. The molecule has 48 heavy (non-hydrogen) atoms. The highest BCUT2D eigenvalue weighted by molar-refractivity contribution is 5.90. The number of alkyl halides is 5. The smallest absolute Gasteiger partial charge is 0.492 e. The third kappa shape index (κ3) is 6.04. The number of halogens is 5. The number of aliphatic hydroxyl groups is 2. The SMILES string of the molecule is C[C@]1(C(=O)N[C@@H]2C[C@H](C3CCC(C(=O)N4C[C@H](O)[C@@H](O)C4)CC3)Oc3cc(OC(F)(F)F)ccc32)COc2cc3c(cc21)OC(F)(F)O3. The first-order valence-electron chi connectivity index (χ1n) is 15.7. The van der Waals surface area contributed by atoms with Crippen molar-refractivity contribution in [1.29, 1.82) is 0 Å². The van der Waals surface area contributed by atoms with Crippen LogP contribution in [0.5, 0.6) is 28.7 Å². The lowest BCUT2D eigenvalue weighted by molar-refractivity contribution is -0.286. The molecule has 3 N–H and O–H groups in total. The number of benzene rings is 2. The number of β-amino-alcohol motifs (C(OH)–C–C–N with tert-alkyl or cyclic N) is 2. The van der Waals surface area contributed by atoms with Crippen molar-refractivity contribution in [2.24, 2.45) is 11.8 Å². The molecule has 2 amide bonds. The van der Waals surface area contributed by atoms with Crippen molar-refractivity contribution in [3.05, 3.63) is 41.5 Å². The summed E-state index contributed by atoms with van der Waals surface area (Å²) < 4.78 is 91.7. The van der Waals surface area contributed by atoms with Crippen LogP contribution in [0.15, 0.2) is 30.3 Å². The van der Waals surface area contributed by atoms with Crippen LogP contribution in [0.3, 0.4) is 0 Å². The molecule has 2 fully saturated rings.